The van der Waals surface area contributed by atoms with Crippen LogP contribution in [0.3, 0.4) is 0 Å². The zero-order valence-corrected chi connectivity index (χ0v) is 10.3. The van der Waals surface area contributed by atoms with E-state index in [4.69, 9.17) is 17.3 Å². The fourth-order valence-electron chi connectivity index (χ4n) is 1.86. The molecule has 0 atom stereocenters. The number of hydrogen-bond donors (Lipinski definition) is 1. The molecule has 2 rings (SSSR count). The molecular formula is C14H13ClFN. The van der Waals surface area contributed by atoms with E-state index in [0.717, 1.165) is 22.3 Å². The van der Waals surface area contributed by atoms with Gasteiger partial charge in [-0.05, 0) is 53.4 Å². The van der Waals surface area contributed by atoms with Crippen LogP contribution in [0.2, 0.25) is 5.02 Å². The first-order valence-electron chi connectivity index (χ1n) is 5.37. The number of hydrogen-bond acceptors (Lipinski definition) is 1. The van der Waals surface area contributed by atoms with Crippen LogP contribution < -0.4 is 5.73 Å². The van der Waals surface area contributed by atoms with E-state index in [9.17, 15) is 4.39 Å². The first-order valence-corrected chi connectivity index (χ1v) is 5.74. The van der Waals surface area contributed by atoms with Crippen molar-refractivity contribution in [2.45, 2.75) is 13.5 Å². The van der Waals surface area contributed by atoms with E-state index < -0.39 is 0 Å². The summed E-state index contributed by atoms with van der Waals surface area (Å²) in [5, 5.41) is 0.626. The van der Waals surface area contributed by atoms with Crippen molar-refractivity contribution in [1.29, 1.82) is 0 Å². The highest BCUT2D eigenvalue weighted by Crippen LogP contribution is 2.30. The molecule has 0 aliphatic carbocycles. The minimum Gasteiger partial charge on any atom is -0.326 e. The molecule has 0 amide bonds. The average molecular weight is 250 g/mol. The number of benzene rings is 2. The highest BCUT2D eigenvalue weighted by Gasteiger charge is 2.08. The number of aryl methyl sites for hydroxylation is 1. The monoisotopic (exact) mass is 249 g/mol. The largest absolute Gasteiger partial charge is 0.326 e. The van der Waals surface area contributed by atoms with Crippen molar-refractivity contribution in [2.24, 2.45) is 5.73 Å². The molecule has 0 spiro atoms. The summed E-state index contributed by atoms with van der Waals surface area (Å²) >= 11 is 5.98. The Morgan fingerprint density at radius 3 is 2.59 bits per heavy atom. The van der Waals surface area contributed by atoms with Gasteiger partial charge in [-0.25, -0.2) is 4.39 Å². The quantitative estimate of drug-likeness (QED) is 0.858. The second-order valence-corrected chi connectivity index (χ2v) is 4.40. The number of halogens is 2. The first kappa shape index (κ1) is 12.1. The molecule has 0 fully saturated rings. The maximum atomic E-state index is 13.3. The average Bonchev–Trinajstić information content (AvgIpc) is 2.32. The summed E-state index contributed by atoms with van der Waals surface area (Å²) in [6.07, 6.45) is 0. The lowest BCUT2D eigenvalue weighted by Gasteiger charge is -2.11. The van der Waals surface area contributed by atoms with E-state index in [2.05, 4.69) is 0 Å². The third kappa shape index (κ3) is 2.48. The zero-order valence-electron chi connectivity index (χ0n) is 9.50. The summed E-state index contributed by atoms with van der Waals surface area (Å²) in [4.78, 5) is 0. The maximum Gasteiger partial charge on any atom is 0.123 e. The Bertz CT molecular complexity index is 552. The Kier molecular flexibility index (Phi) is 3.46. The van der Waals surface area contributed by atoms with Crippen molar-refractivity contribution < 1.29 is 4.39 Å². The molecule has 0 saturated carbocycles. The highest BCUT2D eigenvalue weighted by molar-refractivity contribution is 6.30. The van der Waals surface area contributed by atoms with Gasteiger partial charge >= 0.3 is 0 Å². The van der Waals surface area contributed by atoms with Gasteiger partial charge in [0.2, 0.25) is 0 Å². The van der Waals surface area contributed by atoms with Crippen molar-refractivity contribution in [3.05, 3.63) is 58.4 Å². The van der Waals surface area contributed by atoms with Gasteiger partial charge in [-0.3, -0.25) is 0 Å². The van der Waals surface area contributed by atoms with Crippen molar-refractivity contribution in [3.8, 4) is 11.1 Å². The van der Waals surface area contributed by atoms with Crippen molar-refractivity contribution in [3.63, 3.8) is 0 Å². The lowest BCUT2D eigenvalue weighted by Crippen LogP contribution is -1.99. The van der Waals surface area contributed by atoms with Gasteiger partial charge in [-0.1, -0.05) is 23.7 Å². The topological polar surface area (TPSA) is 26.0 Å². The Hall–Kier alpha value is -1.38. The second kappa shape index (κ2) is 4.86. The standard InChI is InChI=1S/C14H13ClFN/c1-9-2-5-12(16)7-13(9)14-6-11(15)4-3-10(14)8-17/h2-7H,8,17H2,1H3. The summed E-state index contributed by atoms with van der Waals surface area (Å²) in [7, 11) is 0. The summed E-state index contributed by atoms with van der Waals surface area (Å²) in [5.74, 6) is -0.256. The number of rotatable bonds is 2. The molecule has 2 aromatic carbocycles. The van der Waals surface area contributed by atoms with Crippen LogP contribution in [0.25, 0.3) is 11.1 Å². The molecule has 2 aromatic rings. The van der Waals surface area contributed by atoms with Crippen molar-refractivity contribution >= 4 is 11.6 Å². The Balaban J connectivity index is 2.66. The fourth-order valence-corrected chi connectivity index (χ4v) is 2.03. The molecule has 3 heteroatoms. The van der Waals surface area contributed by atoms with Crippen LogP contribution in [-0.4, -0.2) is 0 Å². The van der Waals surface area contributed by atoms with Gasteiger partial charge in [0.15, 0.2) is 0 Å². The molecule has 88 valence electrons. The van der Waals surface area contributed by atoms with E-state index >= 15 is 0 Å². The molecule has 0 saturated heterocycles. The lowest BCUT2D eigenvalue weighted by atomic mass is 9.96. The van der Waals surface area contributed by atoms with Crippen LogP contribution in [0.5, 0.6) is 0 Å². The molecule has 0 radical (unpaired) electrons. The van der Waals surface area contributed by atoms with Gasteiger partial charge in [0.25, 0.3) is 0 Å². The summed E-state index contributed by atoms with van der Waals surface area (Å²) in [5.41, 5.74) is 9.39. The molecule has 0 unspecified atom stereocenters. The van der Waals surface area contributed by atoms with Gasteiger partial charge in [0.05, 0.1) is 0 Å². The van der Waals surface area contributed by atoms with E-state index in [0.29, 0.717) is 11.6 Å². The third-order valence-corrected chi connectivity index (χ3v) is 3.02. The van der Waals surface area contributed by atoms with Crippen LogP contribution in [0, 0.1) is 12.7 Å². The van der Waals surface area contributed by atoms with Gasteiger partial charge in [-0.15, -0.1) is 0 Å². The first-order chi connectivity index (χ1) is 8.11. The van der Waals surface area contributed by atoms with Gasteiger partial charge in [-0.2, -0.15) is 0 Å². The molecule has 2 N–H and O–H groups in total. The van der Waals surface area contributed by atoms with Gasteiger partial charge < -0.3 is 5.73 Å². The SMILES string of the molecule is Cc1ccc(F)cc1-c1cc(Cl)ccc1CN. The van der Waals surface area contributed by atoms with E-state index in [1.807, 2.05) is 19.1 Å². The van der Waals surface area contributed by atoms with E-state index in [1.165, 1.54) is 12.1 Å². The van der Waals surface area contributed by atoms with E-state index in [1.54, 1.807) is 12.1 Å². The normalized spacial score (nSPS) is 10.6. The minimum atomic E-state index is -0.256. The van der Waals surface area contributed by atoms with Crippen LogP contribution in [0.15, 0.2) is 36.4 Å². The summed E-state index contributed by atoms with van der Waals surface area (Å²) in [6.45, 7) is 2.35. The fraction of sp³-hybridized carbons (Fsp3) is 0.143. The Morgan fingerprint density at radius 1 is 1.12 bits per heavy atom. The molecule has 0 aliphatic rings. The van der Waals surface area contributed by atoms with Crippen LogP contribution in [0.4, 0.5) is 4.39 Å². The molecule has 0 bridgehead atoms. The second-order valence-electron chi connectivity index (χ2n) is 3.96. The zero-order chi connectivity index (χ0) is 12.4. The maximum absolute atomic E-state index is 13.3. The highest BCUT2D eigenvalue weighted by atomic mass is 35.5. The van der Waals surface area contributed by atoms with Gasteiger partial charge in [0.1, 0.15) is 5.82 Å². The predicted octanol–water partition coefficient (Wildman–Crippen LogP) is 3.91. The van der Waals surface area contributed by atoms with Crippen LogP contribution >= 0.6 is 11.6 Å². The van der Waals surface area contributed by atoms with Gasteiger partial charge in [0, 0.05) is 11.6 Å². The molecule has 0 heterocycles. The van der Waals surface area contributed by atoms with Crippen LogP contribution in [-0.2, 0) is 6.54 Å². The lowest BCUT2D eigenvalue weighted by molar-refractivity contribution is 0.628. The molecule has 17 heavy (non-hydrogen) atoms. The van der Waals surface area contributed by atoms with E-state index in [-0.39, 0.29) is 5.82 Å². The van der Waals surface area contributed by atoms with Crippen molar-refractivity contribution in [2.75, 3.05) is 0 Å². The summed E-state index contributed by atoms with van der Waals surface area (Å²) < 4.78 is 13.3. The van der Waals surface area contributed by atoms with Crippen molar-refractivity contribution in [1.82, 2.24) is 0 Å². The third-order valence-electron chi connectivity index (χ3n) is 2.78. The predicted molar refractivity (Wildman–Crippen MR) is 69.5 cm³/mol. The summed E-state index contributed by atoms with van der Waals surface area (Å²) in [6, 6.07) is 10.2. The Morgan fingerprint density at radius 2 is 1.88 bits per heavy atom. The van der Waals surface area contributed by atoms with Crippen LogP contribution in [0.1, 0.15) is 11.1 Å². The number of nitrogens with two attached hydrogens (primary N) is 1. The molecule has 0 aliphatic heterocycles. The minimum absolute atomic E-state index is 0.256. The molecule has 0 aromatic heterocycles. The molecule has 1 nitrogen and oxygen atoms in total. The smallest absolute Gasteiger partial charge is 0.123 e. The Labute approximate surface area is 105 Å². The molecular weight excluding hydrogens is 237 g/mol.